The first kappa shape index (κ1) is 15.6. The Morgan fingerprint density at radius 1 is 1.15 bits per heavy atom. The van der Waals surface area contributed by atoms with Crippen molar-refractivity contribution in [1.82, 2.24) is 0 Å². The second kappa shape index (κ2) is 6.75. The maximum Gasteiger partial charge on any atom is 0.136 e. The number of thioether (sulfide) groups is 1. The zero-order valence-electron chi connectivity index (χ0n) is 10.9. The molecular weight excluding hydrogens is 284 g/mol. The summed E-state index contributed by atoms with van der Waals surface area (Å²) in [6.45, 7) is -0.437. The molecule has 5 atom stereocenters. The van der Waals surface area contributed by atoms with E-state index in [1.807, 2.05) is 12.1 Å². The van der Waals surface area contributed by atoms with Crippen molar-refractivity contribution in [3.05, 3.63) is 24.3 Å². The van der Waals surface area contributed by atoms with E-state index >= 15 is 0 Å². The highest BCUT2D eigenvalue weighted by Gasteiger charge is 2.43. The molecule has 1 saturated heterocycles. The summed E-state index contributed by atoms with van der Waals surface area (Å²) < 4.78 is 10.6. The first-order chi connectivity index (χ1) is 9.58. The van der Waals surface area contributed by atoms with E-state index in [1.165, 1.54) is 18.9 Å². The van der Waals surface area contributed by atoms with Crippen LogP contribution in [-0.4, -0.2) is 64.0 Å². The number of aliphatic hydroxyl groups is 4. The third-order valence-electron chi connectivity index (χ3n) is 3.16. The SMILES string of the molecule is COc1ccccc1S[C@@H]1O[C@H](CO)[C@@H](O)[C@H](O)[C@H]1O. The first-order valence-electron chi connectivity index (χ1n) is 6.18. The maximum absolute atomic E-state index is 9.97. The number of para-hydroxylation sites is 1. The van der Waals surface area contributed by atoms with Crippen LogP contribution in [0.2, 0.25) is 0 Å². The molecule has 1 aromatic rings. The summed E-state index contributed by atoms with van der Waals surface area (Å²) in [6.07, 6.45) is -4.87. The van der Waals surface area contributed by atoms with Gasteiger partial charge in [-0.2, -0.15) is 0 Å². The summed E-state index contributed by atoms with van der Waals surface area (Å²) in [4.78, 5) is 0.735. The van der Waals surface area contributed by atoms with Crippen LogP contribution in [0, 0.1) is 0 Å². The lowest BCUT2D eigenvalue weighted by atomic mass is 10.0. The van der Waals surface area contributed by atoms with Crippen molar-refractivity contribution in [2.24, 2.45) is 0 Å². The molecule has 0 saturated carbocycles. The van der Waals surface area contributed by atoms with Gasteiger partial charge >= 0.3 is 0 Å². The fraction of sp³-hybridized carbons (Fsp3) is 0.538. The molecule has 0 bridgehead atoms. The van der Waals surface area contributed by atoms with Crippen molar-refractivity contribution in [2.75, 3.05) is 13.7 Å². The second-order valence-corrected chi connectivity index (χ2v) is 5.61. The minimum atomic E-state index is -1.37. The highest BCUT2D eigenvalue weighted by Crippen LogP contribution is 2.37. The zero-order chi connectivity index (χ0) is 14.7. The molecule has 1 aromatic carbocycles. The van der Waals surface area contributed by atoms with E-state index in [1.54, 1.807) is 12.1 Å². The highest BCUT2D eigenvalue weighted by molar-refractivity contribution is 8.00. The third-order valence-corrected chi connectivity index (χ3v) is 4.37. The lowest BCUT2D eigenvalue weighted by molar-refractivity contribution is -0.205. The average molecular weight is 302 g/mol. The fourth-order valence-corrected chi connectivity index (χ4v) is 3.18. The van der Waals surface area contributed by atoms with Crippen molar-refractivity contribution >= 4 is 11.8 Å². The second-order valence-electron chi connectivity index (χ2n) is 4.47. The predicted octanol–water partition coefficient (Wildman–Crippen LogP) is -0.413. The number of aliphatic hydroxyl groups excluding tert-OH is 4. The van der Waals surface area contributed by atoms with Crippen LogP contribution in [0.25, 0.3) is 0 Å². The van der Waals surface area contributed by atoms with Crippen LogP contribution in [-0.2, 0) is 4.74 Å². The number of benzene rings is 1. The van der Waals surface area contributed by atoms with Crippen molar-refractivity contribution < 1.29 is 29.9 Å². The minimum Gasteiger partial charge on any atom is -0.496 e. The summed E-state index contributed by atoms with van der Waals surface area (Å²) in [5.41, 5.74) is -0.804. The van der Waals surface area contributed by atoms with Crippen LogP contribution >= 0.6 is 11.8 Å². The topological polar surface area (TPSA) is 99.4 Å². The lowest BCUT2D eigenvalue weighted by Crippen LogP contribution is -2.57. The summed E-state index contributed by atoms with van der Waals surface area (Å²) in [6, 6.07) is 7.20. The molecule has 0 radical (unpaired) electrons. The van der Waals surface area contributed by atoms with E-state index < -0.39 is 36.5 Å². The summed E-state index contributed by atoms with van der Waals surface area (Å²) >= 11 is 1.17. The quantitative estimate of drug-likeness (QED) is 0.600. The molecule has 1 fully saturated rings. The highest BCUT2D eigenvalue weighted by atomic mass is 32.2. The van der Waals surface area contributed by atoms with E-state index in [0.29, 0.717) is 5.75 Å². The number of rotatable bonds is 4. The molecule has 1 heterocycles. The zero-order valence-corrected chi connectivity index (χ0v) is 11.7. The van der Waals surface area contributed by atoms with E-state index in [4.69, 9.17) is 14.6 Å². The Kier molecular flexibility index (Phi) is 5.25. The Bertz CT molecular complexity index is 441. The van der Waals surface area contributed by atoms with Gasteiger partial charge in [-0.1, -0.05) is 23.9 Å². The Morgan fingerprint density at radius 2 is 1.85 bits per heavy atom. The van der Waals surface area contributed by atoms with Gasteiger partial charge in [0.2, 0.25) is 0 Å². The average Bonchev–Trinajstić information content (AvgIpc) is 2.48. The molecule has 20 heavy (non-hydrogen) atoms. The molecule has 1 aliphatic rings. The van der Waals surface area contributed by atoms with E-state index in [2.05, 4.69) is 0 Å². The van der Waals surface area contributed by atoms with Crippen LogP contribution in [0.4, 0.5) is 0 Å². The van der Waals surface area contributed by atoms with Crippen molar-refractivity contribution in [1.29, 1.82) is 0 Å². The van der Waals surface area contributed by atoms with E-state index in [9.17, 15) is 15.3 Å². The molecule has 0 aromatic heterocycles. The van der Waals surface area contributed by atoms with Crippen molar-refractivity contribution in [2.45, 2.75) is 34.7 Å². The summed E-state index contributed by atoms with van der Waals surface area (Å²) in [5, 5.41) is 38.6. The first-order valence-corrected chi connectivity index (χ1v) is 7.06. The van der Waals surface area contributed by atoms with Gasteiger partial charge in [-0.25, -0.2) is 0 Å². The van der Waals surface area contributed by atoms with Gasteiger partial charge < -0.3 is 29.9 Å². The van der Waals surface area contributed by atoms with Gasteiger partial charge in [-0.3, -0.25) is 0 Å². The van der Waals surface area contributed by atoms with Gasteiger partial charge in [0.05, 0.1) is 18.6 Å². The molecule has 0 spiro atoms. The molecule has 2 rings (SSSR count). The number of methoxy groups -OCH3 is 1. The summed E-state index contributed by atoms with van der Waals surface area (Å²) in [5.74, 6) is 0.620. The Labute approximate surface area is 121 Å². The van der Waals surface area contributed by atoms with Gasteiger partial charge in [-0.15, -0.1) is 0 Å². The molecule has 0 amide bonds. The molecule has 0 unspecified atom stereocenters. The van der Waals surface area contributed by atoms with Crippen molar-refractivity contribution in [3.8, 4) is 5.75 Å². The Morgan fingerprint density at radius 3 is 2.50 bits per heavy atom. The van der Waals surface area contributed by atoms with Gasteiger partial charge in [0.25, 0.3) is 0 Å². The molecule has 4 N–H and O–H groups in total. The molecule has 112 valence electrons. The molecular formula is C13H18O6S. The molecule has 0 aliphatic carbocycles. The Hall–Kier alpha value is -0.830. The number of ether oxygens (including phenoxy) is 2. The molecule has 6 nitrogen and oxygen atoms in total. The van der Waals surface area contributed by atoms with Gasteiger partial charge in [0, 0.05) is 0 Å². The van der Waals surface area contributed by atoms with Gasteiger partial charge in [0.1, 0.15) is 35.6 Å². The van der Waals surface area contributed by atoms with Crippen LogP contribution in [0.1, 0.15) is 0 Å². The maximum atomic E-state index is 9.97. The monoisotopic (exact) mass is 302 g/mol. The van der Waals surface area contributed by atoms with Crippen LogP contribution in [0.3, 0.4) is 0 Å². The van der Waals surface area contributed by atoms with Crippen molar-refractivity contribution in [3.63, 3.8) is 0 Å². The van der Waals surface area contributed by atoms with E-state index in [0.717, 1.165) is 4.90 Å². The normalized spacial score (nSPS) is 34.0. The van der Waals surface area contributed by atoms with Crippen LogP contribution < -0.4 is 4.74 Å². The third kappa shape index (κ3) is 3.08. The van der Waals surface area contributed by atoms with Gasteiger partial charge in [-0.05, 0) is 12.1 Å². The largest absolute Gasteiger partial charge is 0.496 e. The lowest BCUT2D eigenvalue weighted by Gasteiger charge is -2.39. The van der Waals surface area contributed by atoms with Crippen LogP contribution in [0.5, 0.6) is 5.75 Å². The number of hydrogen-bond acceptors (Lipinski definition) is 7. The molecule has 7 heteroatoms. The number of hydrogen-bond donors (Lipinski definition) is 4. The summed E-state index contributed by atoms with van der Waals surface area (Å²) in [7, 11) is 1.53. The smallest absolute Gasteiger partial charge is 0.136 e. The van der Waals surface area contributed by atoms with Gasteiger partial charge in [0.15, 0.2) is 0 Å². The Balaban J connectivity index is 2.15. The van der Waals surface area contributed by atoms with E-state index in [-0.39, 0.29) is 0 Å². The predicted molar refractivity (Wildman–Crippen MR) is 72.6 cm³/mol. The fourth-order valence-electron chi connectivity index (χ4n) is 2.01. The minimum absolute atomic E-state index is 0.437. The van der Waals surface area contributed by atoms with Crippen LogP contribution in [0.15, 0.2) is 29.2 Å². The molecule has 1 aliphatic heterocycles. The standard InChI is InChI=1S/C13H18O6S/c1-18-7-4-2-3-5-9(7)20-13-12(17)11(16)10(15)8(6-14)19-13/h2-5,8,10-17H,6H2,1H3/t8-,10-,11+,12-,13+/m1/s1.